The van der Waals surface area contributed by atoms with E-state index in [4.69, 9.17) is 0 Å². The lowest BCUT2D eigenvalue weighted by Crippen LogP contribution is -2.05. The van der Waals surface area contributed by atoms with Crippen molar-refractivity contribution in [2.75, 3.05) is 11.9 Å². The van der Waals surface area contributed by atoms with Gasteiger partial charge in [0.05, 0.1) is 6.33 Å². The molecule has 0 fully saturated rings. The number of hydrogen-bond donors (Lipinski definition) is 2. The fraction of sp³-hybridized carbons (Fsp3) is 0.308. The minimum Gasteiger partial charge on any atom is -0.385 e. The van der Waals surface area contributed by atoms with E-state index in [1.165, 1.54) is 16.8 Å². The van der Waals surface area contributed by atoms with Crippen molar-refractivity contribution in [1.82, 2.24) is 9.97 Å². The second kappa shape index (κ2) is 4.84. The Balaban J connectivity index is 1.87. The molecule has 1 heterocycles. The van der Waals surface area contributed by atoms with Crippen LogP contribution in [0.15, 0.2) is 30.7 Å². The molecule has 0 amide bonds. The number of imidazole rings is 1. The Morgan fingerprint density at radius 3 is 2.81 bits per heavy atom. The highest BCUT2D eigenvalue weighted by Gasteiger charge is 1.97. The number of aromatic amines is 1. The van der Waals surface area contributed by atoms with Gasteiger partial charge >= 0.3 is 0 Å². The SMILES string of the molecule is Cc1ccc(NCCc2cnc[nH]2)cc1C. The summed E-state index contributed by atoms with van der Waals surface area (Å²) in [5, 5.41) is 3.40. The zero-order valence-electron chi connectivity index (χ0n) is 9.75. The molecule has 84 valence electrons. The maximum absolute atomic E-state index is 3.99. The number of hydrogen-bond acceptors (Lipinski definition) is 2. The lowest BCUT2D eigenvalue weighted by atomic mass is 10.1. The zero-order valence-corrected chi connectivity index (χ0v) is 9.75. The standard InChI is InChI=1S/C13H17N3/c1-10-3-4-12(7-11(10)2)15-6-5-13-8-14-9-16-13/h3-4,7-9,15H,5-6H2,1-2H3,(H,14,16). The number of nitrogens with zero attached hydrogens (tertiary/aromatic N) is 1. The first kappa shape index (κ1) is 10.7. The lowest BCUT2D eigenvalue weighted by Gasteiger charge is -2.07. The van der Waals surface area contributed by atoms with Gasteiger partial charge < -0.3 is 10.3 Å². The molecule has 1 aromatic carbocycles. The van der Waals surface area contributed by atoms with Crippen molar-refractivity contribution in [2.24, 2.45) is 0 Å². The molecule has 2 N–H and O–H groups in total. The predicted octanol–water partition coefficient (Wildman–Crippen LogP) is 2.68. The topological polar surface area (TPSA) is 40.7 Å². The highest BCUT2D eigenvalue weighted by atomic mass is 14.9. The third-order valence-electron chi connectivity index (χ3n) is 2.79. The summed E-state index contributed by atoms with van der Waals surface area (Å²) >= 11 is 0. The van der Waals surface area contributed by atoms with Gasteiger partial charge in [-0.2, -0.15) is 0 Å². The van der Waals surface area contributed by atoms with Gasteiger partial charge in [-0.25, -0.2) is 4.98 Å². The molecule has 3 heteroatoms. The maximum Gasteiger partial charge on any atom is 0.0921 e. The summed E-state index contributed by atoms with van der Waals surface area (Å²) in [5.41, 5.74) is 5.00. The van der Waals surface area contributed by atoms with Gasteiger partial charge in [-0.05, 0) is 37.1 Å². The van der Waals surface area contributed by atoms with Crippen LogP contribution in [0.2, 0.25) is 0 Å². The summed E-state index contributed by atoms with van der Waals surface area (Å²) in [6, 6.07) is 6.45. The largest absolute Gasteiger partial charge is 0.385 e. The molecule has 2 rings (SSSR count). The molecule has 0 spiro atoms. The second-order valence-electron chi connectivity index (χ2n) is 4.05. The minimum atomic E-state index is 0.921. The Kier molecular flexibility index (Phi) is 3.25. The van der Waals surface area contributed by atoms with Gasteiger partial charge in [0.25, 0.3) is 0 Å². The molecule has 0 saturated heterocycles. The molecule has 0 aliphatic carbocycles. The van der Waals surface area contributed by atoms with Crippen LogP contribution in [0.25, 0.3) is 0 Å². The number of aromatic nitrogens is 2. The molecular weight excluding hydrogens is 198 g/mol. The van der Waals surface area contributed by atoms with Crippen molar-refractivity contribution < 1.29 is 0 Å². The number of aryl methyl sites for hydroxylation is 2. The van der Waals surface area contributed by atoms with E-state index in [-0.39, 0.29) is 0 Å². The minimum absolute atomic E-state index is 0.921. The van der Waals surface area contributed by atoms with Crippen LogP contribution in [0.3, 0.4) is 0 Å². The van der Waals surface area contributed by atoms with E-state index in [9.17, 15) is 0 Å². The molecule has 0 saturated carbocycles. The first-order valence-corrected chi connectivity index (χ1v) is 5.54. The smallest absolute Gasteiger partial charge is 0.0921 e. The predicted molar refractivity (Wildman–Crippen MR) is 66.7 cm³/mol. The number of benzene rings is 1. The normalized spacial score (nSPS) is 10.4. The van der Waals surface area contributed by atoms with Gasteiger partial charge in [0.1, 0.15) is 0 Å². The van der Waals surface area contributed by atoms with Crippen molar-refractivity contribution in [1.29, 1.82) is 0 Å². The molecule has 0 atom stereocenters. The number of H-pyrrole nitrogens is 1. The second-order valence-corrected chi connectivity index (χ2v) is 4.05. The van der Waals surface area contributed by atoms with Crippen molar-refractivity contribution >= 4 is 5.69 Å². The third kappa shape index (κ3) is 2.63. The van der Waals surface area contributed by atoms with Crippen LogP contribution in [-0.2, 0) is 6.42 Å². The summed E-state index contributed by atoms with van der Waals surface area (Å²) < 4.78 is 0. The van der Waals surface area contributed by atoms with E-state index >= 15 is 0 Å². The quantitative estimate of drug-likeness (QED) is 0.823. The molecule has 0 radical (unpaired) electrons. The van der Waals surface area contributed by atoms with E-state index in [1.54, 1.807) is 6.33 Å². The van der Waals surface area contributed by atoms with Crippen LogP contribution in [-0.4, -0.2) is 16.5 Å². The fourth-order valence-electron chi connectivity index (χ4n) is 1.61. The Labute approximate surface area is 95.9 Å². The first-order chi connectivity index (χ1) is 7.75. The van der Waals surface area contributed by atoms with Gasteiger partial charge in [-0.15, -0.1) is 0 Å². The van der Waals surface area contributed by atoms with Crippen LogP contribution in [0.1, 0.15) is 16.8 Å². The number of nitrogens with one attached hydrogen (secondary N) is 2. The molecular formula is C13H17N3. The molecule has 3 nitrogen and oxygen atoms in total. The summed E-state index contributed by atoms with van der Waals surface area (Å²) in [6.45, 7) is 5.18. The Bertz CT molecular complexity index is 446. The molecule has 0 bridgehead atoms. The monoisotopic (exact) mass is 215 g/mol. The van der Waals surface area contributed by atoms with E-state index in [0.29, 0.717) is 0 Å². The van der Waals surface area contributed by atoms with Gasteiger partial charge in [0.15, 0.2) is 0 Å². The molecule has 16 heavy (non-hydrogen) atoms. The summed E-state index contributed by atoms with van der Waals surface area (Å²) in [6.07, 6.45) is 4.54. The van der Waals surface area contributed by atoms with Crippen LogP contribution in [0, 0.1) is 13.8 Å². The Morgan fingerprint density at radius 1 is 1.25 bits per heavy atom. The lowest BCUT2D eigenvalue weighted by molar-refractivity contribution is 0.976. The van der Waals surface area contributed by atoms with E-state index < -0.39 is 0 Å². The van der Waals surface area contributed by atoms with Gasteiger partial charge in [-0.3, -0.25) is 0 Å². The Morgan fingerprint density at radius 2 is 2.12 bits per heavy atom. The summed E-state index contributed by atoms with van der Waals surface area (Å²) in [7, 11) is 0. The van der Waals surface area contributed by atoms with Gasteiger partial charge in [0.2, 0.25) is 0 Å². The van der Waals surface area contributed by atoms with E-state index in [2.05, 4.69) is 47.3 Å². The average molecular weight is 215 g/mol. The van der Waals surface area contributed by atoms with E-state index in [1.807, 2.05) is 6.20 Å². The van der Waals surface area contributed by atoms with Gasteiger partial charge in [0, 0.05) is 30.5 Å². The van der Waals surface area contributed by atoms with Crippen molar-refractivity contribution in [2.45, 2.75) is 20.3 Å². The molecule has 2 aromatic rings. The van der Waals surface area contributed by atoms with E-state index in [0.717, 1.165) is 18.7 Å². The molecule has 0 aliphatic rings. The van der Waals surface area contributed by atoms with Crippen LogP contribution in [0.5, 0.6) is 0 Å². The summed E-state index contributed by atoms with van der Waals surface area (Å²) in [4.78, 5) is 7.08. The summed E-state index contributed by atoms with van der Waals surface area (Å²) in [5.74, 6) is 0. The fourth-order valence-corrected chi connectivity index (χ4v) is 1.61. The highest BCUT2D eigenvalue weighted by molar-refractivity contribution is 5.48. The molecule has 0 aliphatic heterocycles. The number of rotatable bonds is 4. The van der Waals surface area contributed by atoms with Crippen LogP contribution >= 0.6 is 0 Å². The van der Waals surface area contributed by atoms with Crippen molar-refractivity contribution in [3.63, 3.8) is 0 Å². The van der Waals surface area contributed by atoms with Crippen molar-refractivity contribution in [3.8, 4) is 0 Å². The third-order valence-corrected chi connectivity index (χ3v) is 2.79. The van der Waals surface area contributed by atoms with Crippen molar-refractivity contribution in [3.05, 3.63) is 47.5 Å². The van der Waals surface area contributed by atoms with Gasteiger partial charge in [-0.1, -0.05) is 6.07 Å². The number of anilines is 1. The average Bonchev–Trinajstić information content (AvgIpc) is 2.76. The maximum atomic E-state index is 3.99. The first-order valence-electron chi connectivity index (χ1n) is 5.54. The van der Waals surface area contributed by atoms with Crippen LogP contribution < -0.4 is 5.32 Å². The zero-order chi connectivity index (χ0) is 11.4. The molecule has 0 unspecified atom stereocenters. The van der Waals surface area contributed by atoms with Crippen LogP contribution in [0.4, 0.5) is 5.69 Å². The molecule has 1 aromatic heterocycles. The highest BCUT2D eigenvalue weighted by Crippen LogP contribution is 2.13. The Hall–Kier alpha value is -1.77.